The van der Waals surface area contributed by atoms with Crippen LogP contribution in [0.1, 0.15) is 39.7 Å². The van der Waals surface area contributed by atoms with Crippen LogP contribution in [-0.4, -0.2) is 28.9 Å². The molecule has 5 heteroatoms. The highest BCUT2D eigenvalue weighted by atomic mass is 16.6. The first-order valence-corrected chi connectivity index (χ1v) is 7.11. The summed E-state index contributed by atoms with van der Waals surface area (Å²) in [4.78, 5) is 11.6. The van der Waals surface area contributed by atoms with E-state index < -0.39 is 17.2 Å². The molecule has 21 heavy (non-hydrogen) atoms. The number of nitrogens with two attached hydrogens (primary N) is 1. The fraction of sp³-hybridized carbons (Fsp3) is 0.562. The van der Waals surface area contributed by atoms with Crippen molar-refractivity contribution in [2.24, 2.45) is 5.73 Å². The number of phenols is 1. The van der Waals surface area contributed by atoms with Gasteiger partial charge in [-0.15, -0.1) is 0 Å². The van der Waals surface area contributed by atoms with Crippen molar-refractivity contribution >= 4 is 6.09 Å². The van der Waals surface area contributed by atoms with E-state index in [1.165, 1.54) is 0 Å². The van der Waals surface area contributed by atoms with Crippen LogP contribution in [0.3, 0.4) is 0 Å². The third kappa shape index (κ3) is 7.56. The lowest BCUT2D eigenvalue weighted by atomic mass is 9.94. The number of aryl methyl sites for hydroxylation is 1. The zero-order valence-electron chi connectivity index (χ0n) is 13.3. The van der Waals surface area contributed by atoms with E-state index in [0.717, 1.165) is 12.0 Å². The lowest BCUT2D eigenvalue weighted by Gasteiger charge is -2.26. The molecule has 1 aromatic rings. The Balaban J connectivity index is 2.39. The summed E-state index contributed by atoms with van der Waals surface area (Å²) in [6, 6.07) is 7.05. The van der Waals surface area contributed by atoms with Gasteiger partial charge in [0.05, 0.1) is 0 Å². The van der Waals surface area contributed by atoms with E-state index in [4.69, 9.17) is 10.5 Å². The minimum absolute atomic E-state index is 0.251. The molecule has 0 aliphatic heterocycles. The molecular weight excluding hydrogens is 268 g/mol. The normalized spacial score (nSPS) is 14.3. The molecule has 4 N–H and O–H groups in total. The van der Waals surface area contributed by atoms with E-state index in [1.807, 2.05) is 39.8 Å². The number of alkyl carbamates (subject to hydrolysis) is 1. The first kappa shape index (κ1) is 17.3. The number of benzene rings is 1. The summed E-state index contributed by atoms with van der Waals surface area (Å²) in [6.07, 6.45) is 1.04. The number of ether oxygens (including phenoxy) is 1. The van der Waals surface area contributed by atoms with Crippen LogP contribution in [0.2, 0.25) is 0 Å². The molecule has 1 aromatic carbocycles. The average Bonchev–Trinajstić information content (AvgIpc) is 2.34. The van der Waals surface area contributed by atoms with Crippen LogP contribution >= 0.6 is 0 Å². The summed E-state index contributed by atoms with van der Waals surface area (Å²) in [5.74, 6) is 0.251. The molecule has 0 saturated heterocycles. The number of hydrogen-bond donors (Lipinski definition) is 3. The molecule has 118 valence electrons. The molecule has 1 rings (SSSR count). The summed E-state index contributed by atoms with van der Waals surface area (Å²) in [7, 11) is 0. The van der Waals surface area contributed by atoms with Gasteiger partial charge in [-0.1, -0.05) is 12.1 Å². The molecule has 0 aliphatic rings. The quantitative estimate of drug-likeness (QED) is 0.779. The Hall–Kier alpha value is -1.75. The molecular formula is C16H26N2O3. The molecule has 5 nitrogen and oxygen atoms in total. The van der Waals surface area contributed by atoms with Crippen molar-refractivity contribution in [2.45, 2.75) is 51.7 Å². The number of carbonyl (C=O) groups is 1. The Morgan fingerprint density at radius 3 is 2.33 bits per heavy atom. The van der Waals surface area contributed by atoms with Gasteiger partial charge in [-0.3, -0.25) is 0 Å². The summed E-state index contributed by atoms with van der Waals surface area (Å²) in [6.45, 7) is 7.70. The SMILES string of the molecule is CC(N)(CCc1ccc(O)cc1)CNC(=O)OC(C)(C)C. The Morgan fingerprint density at radius 1 is 1.24 bits per heavy atom. The molecule has 1 atom stereocenters. The Kier molecular flexibility index (Phi) is 5.61. The van der Waals surface area contributed by atoms with Crippen LogP contribution in [0.4, 0.5) is 4.79 Å². The highest BCUT2D eigenvalue weighted by Gasteiger charge is 2.22. The summed E-state index contributed by atoms with van der Waals surface area (Å²) < 4.78 is 5.18. The van der Waals surface area contributed by atoms with Gasteiger partial charge in [0.1, 0.15) is 11.4 Å². The van der Waals surface area contributed by atoms with Gasteiger partial charge in [0.2, 0.25) is 0 Å². The number of hydrogen-bond acceptors (Lipinski definition) is 4. The second-order valence-electron chi connectivity index (χ2n) is 6.68. The highest BCUT2D eigenvalue weighted by molar-refractivity contribution is 5.67. The number of aromatic hydroxyl groups is 1. The number of phenolic OH excluding ortho intramolecular Hbond substituents is 1. The van der Waals surface area contributed by atoms with Gasteiger partial charge < -0.3 is 20.9 Å². The highest BCUT2D eigenvalue weighted by Crippen LogP contribution is 2.15. The lowest BCUT2D eigenvalue weighted by molar-refractivity contribution is 0.0515. The number of nitrogens with one attached hydrogen (secondary N) is 1. The van der Waals surface area contributed by atoms with Gasteiger partial charge in [0.25, 0.3) is 0 Å². The maximum Gasteiger partial charge on any atom is 0.407 e. The number of amides is 1. The van der Waals surface area contributed by atoms with Gasteiger partial charge in [-0.05, 0) is 58.2 Å². The topological polar surface area (TPSA) is 84.6 Å². The molecule has 0 radical (unpaired) electrons. The zero-order chi connectivity index (χ0) is 16.1. The smallest absolute Gasteiger partial charge is 0.407 e. The zero-order valence-corrected chi connectivity index (χ0v) is 13.3. The maximum absolute atomic E-state index is 11.6. The van der Waals surface area contributed by atoms with Crippen molar-refractivity contribution in [3.63, 3.8) is 0 Å². The van der Waals surface area contributed by atoms with Gasteiger partial charge >= 0.3 is 6.09 Å². The van der Waals surface area contributed by atoms with Crippen molar-refractivity contribution < 1.29 is 14.6 Å². The molecule has 0 aliphatic carbocycles. The minimum Gasteiger partial charge on any atom is -0.508 e. The van der Waals surface area contributed by atoms with Crippen LogP contribution in [0.25, 0.3) is 0 Å². The van der Waals surface area contributed by atoms with Crippen LogP contribution in [0, 0.1) is 0 Å². The Morgan fingerprint density at radius 2 is 1.81 bits per heavy atom. The second-order valence-corrected chi connectivity index (χ2v) is 6.68. The predicted octanol–water partition coefficient (Wildman–Crippen LogP) is 2.57. The van der Waals surface area contributed by atoms with E-state index in [-0.39, 0.29) is 5.75 Å². The predicted molar refractivity (Wildman–Crippen MR) is 83.3 cm³/mol. The van der Waals surface area contributed by atoms with Crippen LogP contribution in [0.5, 0.6) is 5.75 Å². The lowest BCUT2D eigenvalue weighted by Crippen LogP contribution is -2.49. The first-order chi connectivity index (χ1) is 9.57. The molecule has 0 fully saturated rings. The van der Waals surface area contributed by atoms with Crippen LogP contribution in [0.15, 0.2) is 24.3 Å². The van der Waals surface area contributed by atoms with E-state index in [1.54, 1.807) is 12.1 Å². The number of carbonyl (C=O) groups excluding carboxylic acids is 1. The monoisotopic (exact) mass is 294 g/mol. The van der Waals surface area contributed by atoms with E-state index in [2.05, 4.69) is 5.32 Å². The van der Waals surface area contributed by atoms with Crippen LogP contribution < -0.4 is 11.1 Å². The first-order valence-electron chi connectivity index (χ1n) is 7.11. The van der Waals surface area contributed by atoms with Crippen molar-refractivity contribution in [3.05, 3.63) is 29.8 Å². The molecule has 0 saturated carbocycles. The van der Waals surface area contributed by atoms with E-state index in [9.17, 15) is 9.90 Å². The summed E-state index contributed by atoms with van der Waals surface area (Å²) >= 11 is 0. The molecule has 0 aromatic heterocycles. The van der Waals surface area contributed by atoms with Crippen molar-refractivity contribution in [1.29, 1.82) is 0 Å². The van der Waals surface area contributed by atoms with Gasteiger partial charge in [-0.25, -0.2) is 4.79 Å². The van der Waals surface area contributed by atoms with Gasteiger partial charge in [0, 0.05) is 12.1 Å². The summed E-state index contributed by atoms with van der Waals surface area (Å²) in [5.41, 5.74) is 6.25. The molecule has 1 unspecified atom stereocenters. The fourth-order valence-corrected chi connectivity index (χ4v) is 1.77. The Labute approximate surface area is 126 Å². The summed E-state index contributed by atoms with van der Waals surface area (Å²) in [5, 5.41) is 11.9. The molecule has 0 heterocycles. The molecule has 0 bridgehead atoms. The van der Waals surface area contributed by atoms with Crippen molar-refractivity contribution in [3.8, 4) is 5.75 Å². The van der Waals surface area contributed by atoms with Crippen molar-refractivity contribution in [2.75, 3.05) is 6.54 Å². The third-order valence-electron chi connectivity index (χ3n) is 2.96. The van der Waals surface area contributed by atoms with E-state index >= 15 is 0 Å². The van der Waals surface area contributed by atoms with Crippen molar-refractivity contribution in [1.82, 2.24) is 5.32 Å². The largest absolute Gasteiger partial charge is 0.508 e. The third-order valence-corrected chi connectivity index (χ3v) is 2.96. The Bertz CT molecular complexity index is 461. The molecule has 0 spiro atoms. The standard InChI is InChI=1S/C16H26N2O3/c1-15(2,3)21-14(20)18-11-16(4,17)10-9-12-5-7-13(19)8-6-12/h5-8,19H,9-11,17H2,1-4H3,(H,18,20). The maximum atomic E-state index is 11.6. The molecule has 1 amide bonds. The fourth-order valence-electron chi connectivity index (χ4n) is 1.77. The van der Waals surface area contributed by atoms with Gasteiger partial charge in [0.15, 0.2) is 0 Å². The second kappa shape index (κ2) is 6.80. The van der Waals surface area contributed by atoms with Crippen LogP contribution in [-0.2, 0) is 11.2 Å². The minimum atomic E-state index is -0.519. The van der Waals surface area contributed by atoms with E-state index in [0.29, 0.717) is 13.0 Å². The average molecular weight is 294 g/mol. The number of rotatable bonds is 5. The van der Waals surface area contributed by atoms with Gasteiger partial charge in [-0.2, -0.15) is 0 Å².